The largest absolute Gasteiger partial charge is 0.497 e. The number of aliphatic imine (C=N–C) groups is 1. The van der Waals surface area contributed by atoms with Gasteiger partial charge in [0.05, 0.1) is 13.7 Å². The molecule has 138 valence electrons. The summed E-state index contributed by atoms with van der Waals surface area (Å²) in [4.78, 5) is 4.54. The highest BCUT2D eigenvalue weighted by Gasteiger charge is 2.05. The Morgan fingerprint density at radius 2 is 1.79 bits per heavy atom. The molecule has 0 aliphatic heterocycles. The van der Waals surface area contributed by atoms with Crippen LogP contribution in [0, 0.1) is 0 Å². The average molecular weight is 451 g/mol. The Hall–Kier alpha value is -1.22. The van der Waals surface area contributed by atoms with E-state index in [2.05, 4.69) is 15.6 Å². The zero-order valence-electron chi connectivity index (χ0n) is 15.0. The lowest BCUT2D eigenvalue weighted by Gasteiger charge is -2.15. The molecule has 0 aliphatic carbocycles. The third kappa shape index (κ3) is 9.82. The molecule has 0 saturated carbocycles. The Kier molecular flexibility index (Phi) is 13.4. The average Bonchev–Trinajstić information content (AvgIpc) is 2.57. The highest BCUT2D eigenvalue weighted by atomic mass is 127. The minimum Gasteiger partial charge on any atom is -0.497 e. The van der Waals surface area contributed by atoms with Crippen LogP contribution in [0.4, 0.5) is 0 Å². The molecule has 0 bridgehead atoms. The molecule has 1 unspecified atom stereocenters. The van der Waals surface area contributed by atoms with E-state index in [1.54, 1.807) is 14.2 Å². The summed E-state index contributed by atoms with van der Waals surface area (Å²) in [6.07, 6.45) is 0.927. The monoisotopic (exact) mass is 451 g/mol. The molecule has 1 rings (SSSR count). The van der Waals surface area contributed by atoms with Crippen molar-refractivity contribution >= 4 is 29.9 Å². The smallest absolute Gasteiger partial charge is 0.191 e. The summed E-state index contributed by atoms with van der Waals surface area (Å²) < 4.78 is 16.0. The van der Waals surface area contributed by atoms with Gasteiger partial charge in [-0.2, -0.15) is 0 Å². The number of guanidine groups is 1. The standard InChI is InChI=1S/C17H29N3O3.HI/c1-5-18-17(19-11-6-12-21-3)20-13-14(2)23-16-9-7-15(22-4)8-10-16;/h7-10,14H,5-6,11-13H2,1-4H3,(H2,18,19,20);1H. The van der Waals surface area contributed by atoms with Gasteiger partial charge in [-0.25, -0.2) is 4.99 Å². The first-order valence-corrected chi connectivity index (χ1v) is 8.01. The number of nitrogens with one attached hydrogen (secondary N) is 2. The molecule has 0 amide bonds. The van der Waals surface area contributed by atoms with E-state index < -0.39 is 0 Å². The fourth-order valence-electron chi connectivity index (χ4n) is 1.91. The number of halogens is 1. The molecule has 6 nitrogen and oxygen atoms in total. The Balaban J connectivity index is 0.00000529. The lowest BCUT2D eigenvalue weighted by molar-refractivity contribution is 0.195. The van der Waals surface area contributed by atoms with Gasteiger partial charge in [-0.3, -0.25) is 0 Å². The first-order chi connectivity index (χ1) is 11.2. The molecule has 0 fully saturated rings. The van der Waals surface area contributed by atoms with Crippen LogP contribution in [0.3, 0.4) is 0 Å². The molecule has 0 heterocycles. The van der Waals surface area contributed by atoms with Gasteiger partial charge in [0.2, 0.25) is 0 Å². The van der Waals surface area contributed by atoms with Crippen LogP contribution < -0.4 is 20.1 Å². The molecule has 0 spiro atoms. The minimum absolute atomic E-state index is 0. The fourth-order valence-corrected chi connectivity index (χ4v) is 1.91. The van der Waals surface area contributed by atoms with E-state index in [0.29, 0.717) is 6.54 Å². The SMILES string of the molecule is CCNC(=NCC(C)Oc1ccc(OC)cc1)NCCCOC.I. The lowest BCUT2D eigenvalue weighted by atomic mass is 10.3. The number of rotatable bonds is 10. The molecule has 1 aromatic rings. The quantitative estimate of drug-likeness (QED) is 0.248. The molecule has 1 atom stereocenters. The first-order valence-electron chi connectivity index (χ1n) is 8.01. The molecule has 1 aromatic carbocycles. The highest BCUT2D eigenvalue weighted by Crippen LogP contribution is 2.18. The highest BCUT2D eigenvalue weighted by molar-refractivity contribution is 14.0. The maximum atomic E-state index is 5.85. The predicted octanol–water partition coefficient (Wildman–Crippen LogP) is 2.67. The molecule has 7 heteroatoms. The fraction of sp³-hybridized carbons (Fsp3) is 0.588. The number of ether oxygens (including phenoxy) is 3. The van der Waals surface area contributed by atoms with Crippen molar-refractivity contribution in [1.29, 1.82) is 0 Å². The summed E-state index contributed by atoms with van der Waals surface area (Å²) in [6.45, 7) is 7.01. The third-order valence-corrected chi connectivity index (χ3v) is 3.07. The van der Waals surface area contributed by atoms with E-state index in [4.69, 9.17) is 14.2 Å². The molecule has 0 aliphatic rings. The lowest BCUT2D eigenvalue weighted by Crippen LogP contribution is -2.38. The number of benzene rings is 1. The molecular formula is C17H30IN3O3. The number of methoxy groups -OCH3 is 2. The van der Waals surface area contributed by atoms with Gasteiger partial charge < -0.3 is 24.8 Å². The molecule has 0 saturated heterocycles. The Labute approximate surface area is 162 Å². The van der Waals surface area contributed by atoms with Gasteiger partial charge in [0.1, 0.15) is 17.6 Å². The summed E-state index contributed by atoms with van der Waals surface area (Å²) in [5.74, 6) is 2.43. The summed E-state index contributed by atoms with van der Waals surface area (Å²) in [7, 11) is 3.35. The normalized spacial score (nSPS) is 12.1. The Morgan fingerprint density at radius 1 is 1.12 bits per heavy atom. The zero-order valence-corrected chi connectivity index (χ0v) is 17.3. The van der Waals surface area contributed by atoms with E-state index in [-0.39, 0.29) is 30.1 Å². The van der Waals surface area contributed by atoms with Crippen molar-refractivity contribution in [3.63, 3.8) is 0 Å². The summed E-state index contributed by atoms with van der Waals surface area (Å²) >= 11 is 0. The van der Waals surface area contributed by atoms with Crippen LogP contribution in [0.15, 0.2) is 29.3 Å². The maximum Gasteiger partial charge on any atom is 0.191 e. The first kappa shape index (κ1) is 22.8. The summed E-state index contributed by atoms with van der Waals surface area (Å²) in [5.41, 5.74) is 0. The number of hydrogen-bond donors (Lipinski definition) is 2. The van der Waals surface area contributed by atoms with E-state index in [1.807, 2.05) is 38.1 Å². The third-order valence-electron chi connectivity index (χ3n) is 3.07. The van der Waals surface area contributed by atoms with Crippen molar-refractivity contribution in [2.75, 3.05) is 40.5 Å². The molecule has 2 N–H and O–H groups in total. The topological polar surface area (TPSA) is 64.1 Å². The molecule has 0 aromatic heterocycles. The van der Waals surface area contributed by atoms with Gasteiger partial charge in [0.25, 0.3) is 0 Å². The second-order valence-corrected chi connectivity index (χ2v) is 5.10. The van der Waals surface area contributed by atoms with E-state index >= 15 is 0 Å². The van der Waals surface area contributed by atoms with E-state index in [0.717, 1.165) is 43.6 Å². The number of hydrogen-bond acceptors (Lipinski definition) is 4. The van der Waals surface area contributed by atoms with Gasteiger partial charge in [-0.15, -0.1) is 24.0 Å². The van der Waals surface area contributed by atoms with Crippen molar-refractivity contribution in [3.05, 3.63) is 24.3 Å². The van der Waals surface area contributed by atoms with Crippen LogP contribution in [-0.2, 0) is 4.74 Å². The van der Waals surface area contributed by atoms with Crippen LogP contribution in [0.25, 0.3) is 0 Å². The van der Waals surface area contributed by atoms with Crippen LogP contribution in [0.1, 0.15) is 20.3 Å². The van der Waals surface area contributed by atoms with Gasteiger partial charge >= 0.3 is 0 Å². The van der Waals surface area contributed by atoms with Crippen LogP contribution >= 0.6 is 24.0 Å². The molecule has 24 heavy (non-hydrogen) atoms. The van der Waals surface area contributed by atoms with Crippen molar-refractivity contribution < 1.29 is 14.2 Å². The molecule has 0 radical (unpaired) electrons. The number of nitrogens with zero attached hydrogens (tertiary/aromatic N) is 1. The Morgan fingerprint density at radius 3 is 2.38 bits per heavy atom. The van der Waals surface area contributed by atoms with Crippen LogP contribution in [0.2, 0.25) is 0 Å². The predicted molar refractivity (Wildman–Crippen MR) is 109 cm³/mol. The zero-order chi connectivity index (χ0) is 16.9. The van der Waals surface area contributed by atoms with Gasteiger partial charge in [0.15, 0.2) is 5.96 Å². The van der Waals surface area contributed by atoms with Gasteiger partial charge in [-0.05, 0) is 44.5 Å². The maximum absolute atomic E-state index is 5.85. The van der Waals surface area contributed by atoms with Gasteiger partial charge in [-0.1, -0.05) is 0 Å². The second kappa shape index (κ2) is 14.2. The van der Waals surface area contributed by atoms with Crippen molar-refractivity contribution in [2.45, 2.75) is 26.4 Å². The van der Waals surface area contributed by atoms with Crippen LogP contribution in [-0.4, -0.2) is 52.5 Å². The van der Waals surface area contributed by atoms with Crippen molar-refractivity contribution in [3.8, 4) is 11.5 Å². The van der Waals surface area contributed by atoms with E-state index in [1.165, 1.54) is 0 Å². The second-order valence-electron chi connectivity index (χ2n) is 5.10. The van der Waals surface area contributed by atoms with Crippen molar-refractivity contribution in [1.82, 2.24) is 10.6 Å². The van der Waals surface area contributed by atoms with Gasteiger partial charge in [0, 0.05) is 26.8 Å². The molecular weight excluding hydrogens is 421 g/mol. The van der Waals surface area contributed by atoms with E-state index in [9.17, 15) is 0 Å². The van der Waals surface area contributed by atoms with Crippen LogP contribution in [0.5, 0.6) is 11.5 Å². The summed E-state index contributed by atoms with van der Waals surface area (Å²) in [6, 6.07) is 7.56. The Bertz CT molecular complexity index is 455. The minimum atomic E-state index is -0.0159. The summed E-state index contributed by atoms with van der Waals surface area (Å²) in [5, 5.41) is 6.50. The van der Waals surface area contributed by atoms with Crippen molar-refractivity contribution in [2.24, 2.45) is 4.99 Å².